The molecule has 2 N–H and O–H groups in total. The van der Waals surface area contributed by atoms with Crippen molar-refractivity contribution in [2.24, 2.45) is 0 Å². The number of nitriles is 1. The molecule has 0 radical (unpaired) electrons. The molecule has 0 saturated carbocycles. The zero-order valence-corrected chi connectivity index (χ0v) is 14.1. The van der Waals surface area contributed by atoms with E-state index in [9.17, 15) is 18.0 Å². The molecule has 7 heteroatoms. The Labute approximate surface area is 149 Å². The van der Waals surface area contributed by atoms with Gasteiger partial charge in [-0.2, -0.15) is 5.26 Å². The Balaban J connectivity index is 2.21. The summed E-state index contributed by atoms with van der Waals surface area (Å²) in [6.07, 6.45) is 0.934. The second-order valence-electron chi connectivity index (χ2n) is 5.73. The van der Waals surface area contributed by atoms with E-state index in [0.29, 0.717) is 5.69 Å². The monoisotopic (exact) mass is 359 g/mol. The molecule has 0 unspecified atom stereocenters. The van der Waals surface area contributed by atoms with Crippen molar-refractivity contribution in [2.75, 3.05) is 10.6 Å². The number of carbonyl (C=O) groups is 1. The quantitative estimate of drug-likeness (QED) is 0.463. The molecule has 4 nitrogen and oxygen atoms in total. The van der Waals surface area contributed by atoms with Crippen LogP contribution in [0.25, 0.3) is 0 Å². The summed E-state index contributed by atoms with van der Waals surface area (Å²) in [5.74, 6) is -4.98. The maximum Gasteiger partial charge on any atom is 0.267 e. The number of rotatable bonds is 5. The van der Waals surface area contributed by atoms with E-state index in [1.54, 1.807) is 18.2 Å². The molecule has 0 heterocycles. The first-order valence-electron chi connectivity index (χ1n) is 7.75. The molecule has 0 atom stereocenters. The van der Waals surface area contributed by atoms with Crippen LogP contribution in [0, 0.1) is 28.8 Å². The summed E-state index contributed by atoms with van der Waals surface area (Å²) < 4.78 is 39.7. The summed E-state index contributed by atoms with van der Waals surface area (Å²) in [6, 6.07) is 10.5. The highest BCUT2D eigenvalue weighted by molar-refractivity contribution is 6.07. The van der Waals surface area contributed by atoms with Crippen molar-refractivity contribution in [1.82, 2.24) is 0 Å². The third-order valence-corrected chi connectivity index (χ3v) is 3.60. The summed E-state index contributed by atoms with van der Waals surface area (Å²) in [5.41, 5.74) is 0.685. The topological polar surface area (TPSA) is 64.9 Å². The van der Waals surface area contributed by atoms with Crippen molar-refractivity contribution < 1.29 is 18.0 Å². The Morgan fingerprint density at radius 1 is 1.08 bits per heavy atom. The van der Waals surface area contributed by atoms with Gasteiger partial charge in [0.1, 0.15) is 11.6 Å². The standard InChI is InChI=1S/C19H16F3N3O/c1-11(2)13-5-3-4-6-15(13)25-19(26)12(9-23)10-24-16-8-7-14(20)17(21)18(16)22/h3-8,10-11,24H,1-2H3,(H,25,26)/b12-10-. The van der Waals surface area contributed by atoms with E-state index in [4.69, 9.17) is 5.26 Å². The van der Waals surface area contributed by atoms with E-state index in [1.165, 1.54) is 0 Å². The summed E-state index contributed by atoms with van der Waals surface area (Å²) in [5, 5.41) is 14.1. The van der Waals surface area contributed by atoms with E-state index in [0.717, 1.165) is 23.9 Å². The Kier molecular flexibility index (Phi) is 6.02. The number of hydrogen-bond donors (Lipinski definition) is 2. The second kappa shape index (κ2) is 8.21. The smallest absolute Gasteiger partial charge is 0.267 e. The fourth-order valence-corrected chi connectivity index (χ4v) is 2.24. The predicted octanol–water partition coefficient (Wildman–Crippen LogP) is 4.69. The van der Waals surface area contributed by atoms with Gasteiger partial charge >= 0.3 is 0 Å². The van der Waals surface area contributed by atoms with Crippen LogP contribution in [0.2, 0.25) is 0 Å². The van der Waals surface area contributed by atoms with Crippen LogP contribution < -0.4 is 10.6 Å². The van der Waals surface area contributed by atoms with Gasteiger partial charge in [0.05, 0.1) is 5.69 Å². The molecule has 0 fully saturated rings. The average Bonchev–Trinajstić information content (AvgIpc) is 2.62. The van der Waals surface area contributed by atoms with Gasteiger partial charge in [-0.15, -0.1) is 0 Å². The lowest BCUT2D eigenvalue weighted by atomic mass is 10.0. The SMILES string of the molecule is CC(C)c1ccccc1NC(=O)/C(C#N)=C\Nc1ccc(F)c(F)c1F. The molecular weight excluding hydrogens is 343 g/mol. The van der Waals surface area contributed by atoms with Crippen LogP contribution in [0.15, 0.2) is 48.2 Å². The third-order valence-electron chi connectivity index (χ3n) is 3.60. The van der Waals surface area contributed by atoms with E-state index >= 15 is 0 Å². The number of para-hydroxylation sites is 1. The Hall–Kier alpha value is -3.27. The van der Waals surface area contributed by atoms with E-state index in [2.05, 4.69) is 10.6 Å². The minimum absolute atomic E-state index is 0.149. The molecule has 0 spiro atoms. The fourth-order valence-electron chi connectivity index (χ4n) is 2.24. The van der Waals surface area contributed by atoms with E-state index in [-0.39, 0.29) is 11.5 Å². The van der Waals surface area contributed by atoms with Crippen molar-refractivity contribution >= 4 is 17.3 Å². The maximum absolute atomic E-state index is 13.6. The number of benzene rings is 2. The first kappa shape index (κ1) is 19.1. The van der Waals surface area contributed by atoms with Gasteiger partial charge in [0.2, 0.25) is 0 Å². The third kappa shape index (κ3) is 4.22. The molecule has 0 bridgehead atoms. The van der Waals surface area contributed by atoms with Crippen molar-refractivity contribution in [3.05, 3.63) is 71.2 Å². The van der Waals surface area contributed by atoms with Gasteiger partial charge in [0, 0.05) is 11.9 Å². The highest BCUT2D eigenvalue weighted by Gasteiger charge is 2.15. The molecule has 2 rings (SSSR count). The second-order valence-corrected chi connectivity index (χ2v) is 5.73. The number of nitrogens with zero attached hydrogens (tertiary/aromatic N) is 1. The Morgan fingerprint density at radius 3 is 2.42 bits per heavy atom. The predicted molar refractivity (Wildman–Crippen MR) is 92.8 cm³/mol. The lowest BCUT2D eigenvalue weighted by Crippen LogP contribution is -2.16. The maximum atomic E-state index is 13.6. The first-order valence-corrected chi connectivity index (χ1v) is 7.75. The van der Waals surface area contributed by atoms with E-state index in [1.807, 2.05) is 26.0 Å². The molecule has 0 aliphatic rings. The van der Waals surface area contributed by atoms with Gasteiger partial charge in [-0.3, -0.25) is 4.79 Å². The number of hydrogen-bond acceptors (Lipinski definition) is 3. The molecular formula is C19H16F3N3O. The Morgan fingerprint density at radius 2 is 1.77 bits per heavy atom. The van der Waals surface area contributed by atoms with Crippen LogP contribution in [0.5, 0.6) is 0 Å². The summed E-state index contributed by atoms with van der Waals surface area (Å²) in [6.45, 7) is 3.92. The van der Waals surface area contributed by atoms with Crippen molar-refractivity contribution in [1.29, 1.82) is 5.26 Å². The molecule has 2 aromatic carbocycles. The molecule has 0 aromatic heterocycles. The summed E-state index contributed by atoms with van der Waals surface area (Å²) in [7, 11) is 0. The van der Waals surface area contributed by atoms with Gasteiger partial charge in [-0.1, -0.05) is 32.0 Å². The number of nitrogens with one attached hydrogen (secondary N) is 2. The molecule has 0 aliphatic carbocycles. The summed E-state index contributed by atoms with van der Waals surface area (Å²) in [4.78, 5) is 12.3. The number of anilines is 2. The molecule has 0 saturated heterocycles. The van der Waals surface area contributed by atoms with Gasteiger partial charge in [0.15, 0.2) is 17.5 Å². The van der Waals surface area contributed by atoms with Crippen LogP contribution in [0.1, 0.15) is 25.3 Å². The normalized spacial score (nSPS) is 11.2. The van der Waals surface area contributed by atoms with Crippen LogP contribution >= 0.6 is 0 Å². The van der Waals surface area contributed by atoms with Crippen LogP contribution in [-0.2, 0) is 4.79 Å². The molecule has 26 heavy (non-hydrogen) atoms. The van der Waals surface area contributed by atoms with Crippen molar-refractivity contribution in [3.63, 3.8) is 0 Å². The van der Waals surface area contributed by atoms with Crippen molar-refractivity contribution in [3.8, 4) is 6.07 Å². The first-order chi connectivity index (χ1) is 12.3. The van der Waals surface area contributed by atoms with Gasteiger partial charge in [-0.25, -0.2) is 13.2 Å². The highest BCUT2D eigenvalue weighted by Crippen LogP contribution is 2.24. The number of halogens is 3. The van der Waals surface area contributed by atoms with Crippen molar-refractivity contribution in [2.45, 2.75) is 19.8 Å². The zero-order valence-electron chi connectivity index (χ0n) is 14.1. The molecule has 0 aliphatic heterocycles. The van der Waals surface area contributed by atoms with Crippen LogP contribution in [0.4, 0.5) is 24.5 Å². The number of carbonyl (C=O) groups excluding carboxylic acids is 1. The van der Waals surface area contributed by atoms with E-state index < -0.39 is 29.0 Å². The zero-order chi connectivity index (χ0) is 19.3. The minimum atomic E-state index is -1.64. The van der Waals surface area contributed by atoms with Gasteiger partial charge in [0.25, 0.3) is 5.91 Å². The number of amides is 1. The Bertz CT molecular complexity index is 901. The molecule has 134 valence electrons. The lowest BCUT2D eigenvalue weighted by molar-refractivity contribution is -0.112. The molecule has 2 aromatic rings. The van der Waals surface area contributed by atoms with Crippen LogP contribution in [0.3, 0.4) is 0 Å². The fraction of sp³-hybridized carbons (Fsp3) is 0.158. The summed E-state index contributed by atoms with van der Waals surface area (Å²) >= 11 is 0. The minimum Gasteiger partial charge on any atom is -0.358 e. The highest BCUT2D eigenvalue weighted by atomic mass is 19.2. The average molecular weight is 359 g/mol. The largest absolute Gasteiger partial charge is 0.358 e. The van der Waals surface area contributed by atoms with Gasteiger partial charge < -0.3 is 10.6 Å². The van der Waals surface area contributed by atoms with Crippen LogP contribution in [-0.4, -0.2) is 5.91 Å². The van der Waals surface area contributed by atoms with Gasteiger partial charge in [-0.05, 0) is 29.7 Å². The lowest BCUT2D eigenvalue weighted by Gasteiger charge is -2.13. The molecule has 1 amide bonds.